The number of benzene rings is 1. The molecule has 0 spiro atoms. The number of anilines is 1. The number of carbonyl (C=O) groups is 1. The first-order chi connectivity index (χ1) is 10.3. The predicted molar refractivity (Wildman–Crippen MR) is 86.6 cm³/mol. The van der Waals surface area contributed by atoms with Crippen molar-refractivity contribution in [2.45, 2.75) is 47.0 Å². The van der Waals surface area contributed by atoms with Crippen molar-refractivity contribution in [3.05, 3.63) is 29.3 Å². The van der Waals surface area contributed by atoms with Gasteiger partial charge in [-0.1, -0.05) is 33.8 Å². The summed E-state index contributed by atoms with van der Waals surface area (Å²) < 4.78 is 5.36. The summed E-state index contributed by atoms with van der Waals surface area (Å²) in [5.41, 5.74) is 2.67. The molecule has 2 rings (SSSR count). The minimum absolute atomic E-state index is 0.150. The van der Waals surface area contributed by atoms with Crippen LogP contribution >= 0.6 is 0 Å². The van der Waals surface area contributed by atoms with Crippen LogP contribution in [0.2, 0.25) is 0 Å². The Balaban J connectivity index is 1.88. The van der Waals surface area contributed by atoms with Crippen LogP contribution in [0.25, 0.3) is 0 Å². The summed E-state index contributed by atoms with van der Waals surface area (Å²) in [5.74, 6) is 0.150. The smallest absolute Gasteiger partial charge is 0.319 e. The van der Waals surface area contributed by atoms with Crippen molar-refractivity contribution in [3.8, 4) is 0 Å². The van der Waals surface area contributed by atoms with Crippen molar-refractivity contribution in [2.24, 2.45) is 11.3 Å². The Labute approximate surface area is 132 Å². The zero-order chi connectivity index (χ0) is 16.3. The van der Waals surface area contributed by atoms with Crippen molar-refractivity contribution in [1.82, 2.24) is 5.32 Å². The first-order valence-electron chi connectivity index (χ1n) is 7.72. The van der Waals surface area contributed by atoms with Gasteiger partial charge in [-0.25, -0.2) is 4.79 Å². The van der Waals surface area contributed by atoms with Crippen LogP contribution in [-0.2, 0) is 18.0 Å². The zero-order valence-corrected chi connectivity index (χ0v) is 13.8. The third kappa shape index (κ3) is 3.99. The van der Waals surface area contributed by atoms with E-state index in [1.54, 1.807) is 0 Å². The van der Waals surface area contributed by atoms with Gasteiger partial charge in [-0.15, -0.1) is 0 Å². The molecular weight excluding hydrogens is 280 g/mol. The fraction of sp³-hybridized carbons (Fsp3) is 0.588. The van der Waals surface area contributed by atoms with Crippen molar-refractivity contribution in [3.63, 3.8) is 0 Å². The molecule has 5 heteroatoms. The Morgan fingerprint density at radius 3 is 2.68 bits per heavy atom. The number of aliphatic hydroxyl groups excluding tert-OH is 1. The van der Waals surface area contributed by atoms with Crippen molar-refractivity contribution in [2.75, 3.05) is 11.9 Å². The largest absolute Gasteiger partial charge is 0.392 e. The molecule has 1 aromatic rings. The number of hydrogen-bond donors (Lipinski definition) is 3. The molecule has 0 fully saturated rings. The minimum atomic E-state index is -0.468. The average Bonchev–Trinajstić information content (AvgIpc) is 2.92. The molecule has 1 aliphatic heterocycles. The average molecular weight is 306 g/mol. The van der Waals surface area contributed by atoms with Gasteiger partial charge < -0.3 is 20.5 Å². The van der Waals surface area contributed by atoms with Crippen LogP contribution in [0.4, 0.5) is 10.5 Å². The van der Waals surface area contributed by atoms with E-state index < -0.39 is 6.10 Å². The molecule has 22 heavy (non-hydrogen) atoms. The standard InChI is InChI=1S/C17H26N2O3/c1-11(2)15(20)17(3,4)10-18-16(21)19-14-6-5-12-8-22-9-13(12)7-14/h5-7,11,15,20H,8-10H2,1-4H3,(H2,18,19,21). The first-order valence-corrected chi connectivity index (χ1v) is 7.72. The van der Waals surface area contributed by atoms with Crippen LogP contribution in [0.5, 0.6) is 0 Å². The summed E-state index contributed by atoms with van der Waals surface area (Å²) in [6.07, 6.45) is -0.468. The quantitative estimate of drug-likeness (QED) is 0.783. The van der Waals surface area contributed by atoms with E-state index in [-0.39, 0.29) is 17.4 Å². The monoisotopic (exact) mass is 306 g/mol. The summed E-state index contributed by atoms with van der Waals surface area (Å²) in [5, 5.41) is 15.8. The highest BCUT2D eigenvalue weighted by atomic mass is 16.5. The van der Waals surface area contributed by atoms with Crippen LogP contribution in [0.1, 0.15) is 38.8 Å². The Hall–Kier alpha value is -1.59. The molecule has 1 aliphatic rings. The molecule has 0 saturated heterocycles. The minimum Gasteiger partial charge on any atom is -0.392 e. The third-order valence-corrected chi connectivity index (χ3v) is 4.12. The Morgan fingerprint density at radius 2 is 2.00 bits per heavy atom. The molecule has 5 nitrogen and oxygen atoms in total. The van der Waals surface area contributed by atoms with Gasteiger partial charge in [-0.2, -0.15) is 0 Å². The number of fused-ring (bicyclic) bond motifs is 1. The van der Waals surface area contributed by atoms with Crippen LogP contribution < -0.4 is 10.6 Å². The van der Waals surface area contributed by atoms with Crippen molar-refractivity contribution in [1.29, 1.82) is 0 Å². The van der Waals surface area contributed by atoms with Gasteiger partial charge >= 0.3 is 6.03 Å². The lowest BCUT2D eigenvalue weighted by Gasteiger charge is -2.33. The Bertz CT molecular complexity index is 541. The lowest BCUT2D eigenvalue weighted by Crippen LogP contribution is -2.44. The molecule has 2 amide bonds. The lowest BCUT2D eigenvalue weighted by atomic mass is 9.81. The number of carbonyl (C=O) groups excluding carboxylic acids is 1. The summed E-state index contributed by atoms with van der Waals surface area (Å²) in [6, 6.07) is 5.53. The Morgan fingerprint density at radius 1 is 1.32 bits per heavy atom. The van der Waals surface area contributed by atoms with Gasteiger partial charge in [0.2, 0.25) is 0 Å². The molecule has 0 aromatic heterocycles. The van der Waals surface area contributed by atoms with E-state index in [2.05, 4.69) is 10.6 Å². The molecule has 0 bridgehead atoms. The Kier molecular flexibility index (Phi) is 5.08. The molecule has 3 N–H and O–H groups in total. The maximum absolute atomic E-state index is 12.0. The number of urea groups is 1. The first kappa shape index (κ1) is 16.8. The number of amides is 2. The van der Waals surface area contributed by atoms with Crippen molar-refractivity contribution >= 4 is 11.7 Å². The second-order valence-electron chi connectivity index (χ2n) is 6.96. The van der Waals surface area contributed by atoms with E-state index in [1.165, 1.54) is 5.56 Å². The fourth-order valence-electron chi connectivity index (χ4n) is 2.74. The van der Waals surface area contributed by atoms with E-state index in [0.29, 0.717) is 19.8 Å². The number of ether oxygens (including phenoxy) is 1. The molecule has 1 heterocycles. The number of rotatable bonds is 5. The van der Waals surface area contributed by atoms with Crippen LogP contribution in [0, 0.1) is 11.3 Å². The lowest BCUT2D eigenvalue weighted by molar-refractivity contribution is 0.0154. The van der Waals surface area contributed by atoms with Crippen molar-refractivity contribution < 1.29 is 14.6 Å². The normalized spacial score (nSPS) is 15.5. The number of nitrogens with one attached hydrogen (secondary N) is 2. The molecular formula is C17H26N2O3. The summed E-state index contributed by atoms with van der Waals surface area (Å²) in [4.78, 5) is 12.0. The number of aliphatic hydroxyl groups is 1. The van der Waals surface area contributed by atoms with Gasteiger partial charge in [-0.05, 0) is 29.2 Å². The van der Waals surface area contributed by atoms with Gasteiger partial charge in [-0.3, -0.25) is 0 Å². The second-order valence-corrected chi connectivity index (χ2v) is 6.96. The SMILES string of the molecule is CC(C)C(O)C(C)(C)CNC(=O)Nc1ccc2c(c1)COC2. The number of hydrogen-bond acceptors (Lipinski definition) is 3. The van der Waals surface area contributed by atoms with Crippen LogP contribution in [0.3, 0.4) is 0 Å². The van der Waals surface area contributed by atoms with E-state index in [9.17, 15) is 9.90 Å². The topological polar surface area (TPSA) is 70.6 Å². The summed E-state index contributed by atoms with van der Waals surface area (Å²) >= 11 is 0. The highest BCUT2D eigenvalue weighted by Crippen LogP contribution is 2.25. The highest BCUT2D eigenvalue weighted by molar-refractivity contribution is 5.89. The molecule has 122 valence electrons. The molecule has 0 radical (unpaired) electrons. The molecule has 0 saturated carbocycles. The van der Waals surface area contributed by atoms with Crippen LogP contribution in [0.15, 0.2) is 18.2 Å². The van der Waals surface area contributed by atoms with Gasteiger partial charge in [0.15, 0.2) is 0 Å². The summed E-state index contributed by atoms with van der Waals surface area (Å²) in [6.45, 7) is 9.49. The maximum Gasteiger partial charge on any atom is 0.319 e. The van der Waals surface area contributed by atoms with Gasteiger partial charge in [0.05, 0.1) is 19.3 Å². The van der Waals surface area contributed by atoms with E-state index >= 15 is 0 Å². The molecule has 0 aliphatic carbocycles. The van der Waals surface area contributed by atoms with Gasteiger partial charge in [0.1, 0.15) is 0 Å². The molecule has 1 unspecified atom stereocenters. The van der Waals surface area contributed by atoms with Gasteiger partial charge in [0.25, 0.3) is 0 Å². The van der Waals surface area contributed by atoms with Crippen LogP contribution in [-0.4, -0.2) is 23.8 Å². The van der Waals surface area contributed by atoms with E-state index in [1.807, 2.05) is 45.9 Å². The highest BCUT2D eigenvalue weighted by Gasteiger charge is 2.30. The van der Waals surface area contributed by atoms with E-state index in [0.717, 1.165) is 11.3 Å². The molecule has 1 aromatic carbocycles. The predicted octanol–water partition coefficient (Wildman–Crippen LogP) is 2.88. The maximum atomic E-state index is 12.0. The van der Waals surface area contributed by atoms with E-state index in [4.69, 9.17) is 4.74 Å². The summed E-state index contributed by atoms with van der Waals surface area (Å²) in [7, 11) is 0. The second kappa shape index (κ2) is 6.67. The molecule has 1 atom stereocenters. The fourth-order valence-corrected chi connectivity index (χ4v) is 2.74. The van der Waals surface area contributed by atoms with Gasteiger partial charge in [0, 0.05) is 17.6 Å². The third-order valence-electron chi connectivity index (χ3n) is 4.12. The zero-order valence-electron chi connectivity index (χ0n) is 13.8.